The lowest BCUT2D eigenvalue weighted by molar-refractivity contribution is 0.0468. The van der Waals surface area contributed by atoms with Crippen LogP contribution in [0.4, 0.5) is 10.5 Å². The molecule has 3 aromatic rings. The molecule has 0 saturated carbocycles. The Hall–Kier alpha value is -3.59. The lowest BCUT2D eigenvalue weighted by Crippen LogP contribution is -2.13. The highest BCUT2D eigenvalue weighted by Crippen LogP contribution is 2.33. The summed E-state index contributed by atoms with van der Waals surface area (Å²) in [6.45, 7) is 2.05. The van der Waals surface area contributed by atoms with E-state index < -0.39 is 12.1 Å². The third kappa shape index (κ3) is 5.73. The number of nitrogens with zero attached hydrogens (tertiary/aromatic N) is 1. The van der Waals surface area contributed by atoms with E-state index in [0.717, 1.165) is 10.6 Å². The Kier molecular flexibility index (Phi) is 7.45. The number of benzene rings is 2. The number of nitrogens with one attached hydrogen (secondary N) is 1. The molecule has 8 nitrogen and oxygen atoms in total. The van der Waals surface area contributed by atoms with Crippen molar-refractivity contribution in [2.24, 2.45) is 0 Å². The molecule has 0 aliphatic carbocycles. The van der Waals surface area contributed by atoms with E-state index in [1.807, 2.05) is 23.6 Å². The summed E-state index contributed by atoms with van der Waals surface area (Å²) in [5.41, 5.74) is 2.41. The van der Waals surface area contributed by atoms with E-state index in [-0.39, 0.29) is 13.2 Å². The number of methoxy groups -OCH3 is 2. The van der Waals surface area contributed by atoms with Crippen molar-refractivity contribution < 1.29 is 28.5 Å². The first-order valence-corrected chi connectivity index (χ1v) is 10.3. The van der Waals surface area contributed by atoms with Gasteiger partial charge in [-0.2, -0.15) is 0 Å². The third-order valence-corrected chi connectivity index (χ3v) is 5.12. The zero-order valence-electron chi connectivity index (χ0n) is 17.3. The zero-order chi connectivity index (χ0) is 22.2. The van der Waals surface area contributed by atoms with Crippen molar-refractivity contribution in [2.45, 2.75) is 13.5 Å². The average Bonchev–Trinajstić information content (AvgIpc) is 3.26. The minimum absolute atomic E-state index is 0.0471. The van der Waals surface area contributed by atoms with Gasteiger partial charge in [0.25, 0.3) is 0 Å². The SMILES string of the molecule is CCOC(=O)Nc1ccc(C(=O)OCc2csc(-c3ccc(OC)c(OC)c3)n2)cc1. The molecule has 0 aliphatic rings. The maximum Gasteiger partial charge on any atom is 0.411 e. The molecule has 0 spiro atoms. The van der Waals surface area contributed by atoms with Crippen molar-refractivity contribution in [1.29, 1.82) is 0 Å². The Morgan fingerprint density at radius 1 is 1.00 bits per heavy atom. The van der Waals surface area contributed by atoms with Crippen molar-refractivity contribution in [3.63, 3.8) is 0 Å². The molecule has 3 rings (SSSR count). The monoisotopic (exact) mass is 442 g/mol. The molecular weight excluding hydrogens is 420 g/mol. The van der Waals surface area contributed by atoms with E-state index in [1.54, 1.807) is 45.4 Å². The van der Waals surface area contributed by atoms with Crippen LogP contribution in [0, 0.1) is 0 Å². The average molecular weight is 442 g/mol. The second-order valence-electron chi connectivity index (χ2n) is 6.21. The Balaban J connectivity index is 1.59. The zero-order valence-corrected chi connectivity index (χ0v) is 18.2. The van der Waals surface area contributed by atoms with Crippen LogP contribution in [-0.2, 0) is 16.1 Å². The number of rotatable bonds is 8. The third-order valence-electron chi connectivity index (χ3n) is 4.18. The van der Waals surface area contributed by atoms with Crippen molar-refractivity contribution in [2.75, 3.05) is 26.1 Å². The Labute approximate surface area is 183 Å². The number of esters is 1. The molecule has 0 fully saturated rings. The van der Waals surface area contributed by atoms with Gasteiger partial charge in [0.2, 0.25) is 0 Å². The van der Waals surface area contributed by atoms with E-state index in [9.17, 15) is 9.59 Å². The number of carbonyl (C=O) groups excluding carboxylic acids is 2. The van der Waals surface area contributed by atoms with E-state index >= 15 is 0 Å². The van der Waals surface area contributed by atoms with Crippen LogP contribution in [0.3, 0.4) is 0 Å². The van der Waals surface area contributed by atoms with Gasteiger partial charge < -0.3 is 18.9 Å². The molecule has 0 unspecified atom stereocenters. The molecule has 0 atom stereocenters. The number of anilines is 1. The summed E-state index contributed by atoms with van der Waals surface area (Å²) in [5, 5.41) is 5.18. The summed E-state index contributed by atoms with van der Waals surface area (Å²) in [6.07, 6.45) is -0.549. The molecule has 31 heavy (non-hydrogen) atoms. The molecule has 0 radical (unpaired) electrons. The van der Waals surface area contributed by atoms with E-state index in [2.05, 4.69) is 10.3 Å². The number of amides is 1. The van der Waals surface area contributed by atoms with Crippen LogP contribution in [0.15, 0.2) is 47.8 Å². The summed E-state index contributed by atoms with van der Waals surface area (Å²) in [4.78, 5) is 28.2. The molecule has 0 bridgehead atoms. The first kappa shape index (κ1) is 22.1. The standard InChI is InChI=1S/C22H22N2O6S/c1-4-29-22(26)24-16-8-5-14(6-9-16)21(25)30-12-17-13-31-20(23-17)15-7-10-18(27-2)19(11-15)28-3/h5-11,13H,4,12H2,1-3H3,(H,24,26). The van der Waals surface area contributed by atoms with Gasteiger partial charge in [-0.1, -0.05) is 0 Å². The van der Waals surface area contributed by atoms with Gasteiger partial charge in [-0.15, -0.1) is 11.3 Å². The van der Waals surface area contributed by atoms with E-state index in [0.29, 0.717) is 28.4 Å². The van der Waals surface area contributed by atoms with E-state index in [1.165, 1.54) is 11.3 Å². The minimum atomic E-state index is -0.549. The molecular formula is C22H22N2O6S. The van der Waals surface area contributed by atoms with Gasteiger partial charge in [0, 0.05) is 16.6 Å². The normalized spacial score (nSPS) is 10.3. The van der Waals surface area contributed by atoms with Gasteiger partial charge in [0.05, 0.1) is 32.1 Å². The summed E-state index contributed by atoms with van der Waals surface area (Å²) in [5.74, 6) is 0.771. The lowest BCUT2D eigenvalue weighted by Gasteiger charge is -2.08. The predicted octanol–water partition coefficient (Wildman–Crippen LogP) is 4.75. The highest BCUT2D eigenvalue weighted by molar-refractivity contribution is 7.13. The second-order valence-corrected chi connectivity index (χ2v) is 7.07. The molecule has 0 saturated heterocycles. The molecule has 1 amide bonds. The Morgan fingerprint density at radius 2 is 1.74 bits per heavy atom. The van der Waals surface area contributed by atoms with E-state index in [4.69, 9.17) is 18.9 Å². The Bertz CT molecular complexity index is 1050. The van der Waals surface area contributed by atoms with Crippen LogP contribution in [0.2, 0.25) is 0 Å². The summed E-state index contributed by atoms with van der Waals surface area (Å²) >= 11 is 1.44. The second kappa shape index (κ2) is 10.4. The van der Waals surface area contributed by atoms with Gasteiger partial charge in [-0.3, -0.25) is 5.32 Å². The van der Waals surface area contributed by atoms with Crippen molar-refractivity contribution >= 4 is 29.1 Å². The largest absolute Gasteiger partial charge is 0.493 e. The summed E-state index contributed by atoms with van der Waals surface area (Å²) in [6, 6.07) is 11.9. The number of hydrogen-bond donors (Lipinski definition) is 1. The summed E-state index contributed by atoms with van der Waals surface area (Å²) < 4.78 is 20.7. The lowest BCUT2D eigenvalue weighted by atomic mass is 10.2. The maximum atomic E-state index is 12.3. The summed E-state index contributed by atoms with van der Waals surface area (Å²) in [7, 11) is 3.16. The predicted molar refractivity (Wildman–Crippen MR) is 117 cm³/mol. The van der Waals surface area contributed by atoms with Gasteiger partial charge in [0.15, 0.2) is 11.5 Å². The number of aromatic nitrogens is 1. The highest BCUT2D eigenvalue weighted by Gasteiger charge is 2.12. The molecule has 162 valence electrons. The van der Waals surface area contributed by atoms with Crippen LogP contribution in [0.1, 0.15) is 23.0 Å². The number of thiazole rings is 1. The topological polar surface area (TPSA) is 96.0 Å². The molecule has 2 aromatic carbocycles. The highest BCUT2D eigenvalue weighted by atomic mass is 32.1. The van der Waals surface area contributed by atoms with Gasteiger partial charge in [0.1, 0.15) is 11.6 Å². The van der Waals surface area contributed by atoms with Gasteiger partial charge in [-0.05, 0) is 49.4 Å². The van der Waals surface area contributed by atoms with Crippen LogP contribution in [-0.4, -0.2) is 37.9 Å². The minimum Gasteiger partial charge on any atom is -0.493 e. The Morgan fingerprint density at radius 3 is 2.42 bits per heavy atom. The van der Waals surface area contributed by atoms with Crippen molar-refractivity contribution in [3.05, 3.63) is 59.1 Å². The van der Waals surface area contributed by atoms with Crippen molar-refractivity contribution in [3.8, 4) is 22.1 Å². The fourth-order valence-electron chi connectivity index (χ4n) is 2.67. The molecule has 1 heterocycles. The number of hydrogen-bond acceptors (Lipinski definition) is 8. The smallest absolute Gasteiger partial charge is 0.411 e. The van der Waals surface area contributed by atoms with Gasteiger partial charge in [-0.25, -0.2) is 14.6 Å². The first-order valence-electron chi connectivity index (χ1n) is 9.41. The van der Waals surface area contributed by atoms with Crippen molar-refractivity contribution in [1.82, 2.24) is 4.98 Å². The fourth-order valence-corrected chi connectivity index (χ4v) is 3.47. The van der Waals surface area contributed by atoms with Crippen LogP contribution in [0.5, 0.6) is 11.5 Å². The van der Waals surface area contributed by atoms with Gasteiger partial charge >= 0.3 is 12.1 Å². The number of ether oxygens (including phenoxy) is 4. The molecule has 0 aliphatic heterocycles. The molecule has 1 aromatic heterocycles. The molecule has 9 heteroatoms. The molecule has 1 N–H and O–H groups in total. The van der Waals surface area contributed by atoms with Crippen LogP contribution >= 0.6 is 11.3 Å². The quantitative estimate of drug-likeness (QED) is 0.503. The van der Waals surface area contributed by atoms with Crippen LogP contribution in [0.25, 0.3) is 10.6 Å². The fraction of sp³-hybridized carbons (Fsp3) is 0.227. The maximum absolute atomic E-state index is 12.3. The first-order chi connectivity index (χ1) is 15.0. The van der Waals surface area contributed by atoms with Crippen LogP contribution < -0.4 is 14.8 Å². The number of carbonyl (C=O) groups is 2.